The van der Waals surface area contributed by atoms with Crippen LogP contribution in [0.1, 0.15) is 33.1 Å². The Labute approximate surface area is 136 Å². The van der Waals surface area contributed by atoms with E-state index in [1.165, 1.54) is 12.1 Å². The molecule has 0 amide bonds. The third-order valence-electron chi connectivity index (χ3n) is 4.42. The normalized spacial score (nSPS) is 27.0. The highest BCUT2D eigenvalue weighted by molar-refractivity contribution is 7.92. The molecule has 6 heteroatoms. The first-order valence-electron chi connectivity index (χ1n) is 7.18. The fourth-order valence-corrected chi connectivity index (χ4v) is 5.74. The molecule has 2 rings (SSSR count). The molecule has 118 valence electrons. The summed E-state index contributed by atoms with van der Waals surface area (Å²) in [6.07, 6.45) is 2.29. The van der Waals surface area contributed by atoms with Gasteiger partial charge in [-0.25, -0.2) is 8.42 Å². The second-order valence-electron chi connectivity index (χ2n) is 6.14. The third kappa shape index (κ3) is 3.55. The zero-order valence-corrected chi connectivity index (χ0v) is 14.5. The van der Waals surface area contributed by atoms with Crippen molar-refractivity contribution >= 4 is 33.0 Å². The average Bonchev–Trinajstić information content (AvgIpc) is 2.41. The maximum atomic E-state index is 12.9. The molecule has 0 heterocycles. The summed E-state index contributed by atoms with van der Waals surface area (Å²) in [4.78, 5) is 0.0986. The Bertz CT molecular complexity index is 616. The minimum absolute atomic E-state index is 0.0986. The van der Waals surface area contributed by atoms with E-state index in [0.29, 0.717) is 23.3 Å². The molecule has 2 N–H and O–H groups in total. The Morgan fingerprint density at radius 3 is 2.52 bits per heavy atom. The molecule has 0 aromatic heterocycles. The fourth-order valence-electron chi connectivity index (χ4n) is 3.00. The zero-order chi connectivity index (χ0) is 15.8. The Kier molecular flexibility index (Phi) is 5.24. The molecule has 0 aliphatic heterocycles. The van der Waals surface area contributed by atoms with Crippen LogP contribution in [0.25, 0.3) is 0 Å². The molecular formula is C15H21Cl2NO2S. The van der Waals surface area contributed by atoms with E-state index in [2.05, 4.69) is 13.8 Å². The molecule has 0 radical (unpaired) electrons. The maximum Gasteiger partial charge on any atom is 0.184 e. The lowest BCUT2D eigenvalue weighted by Crippen LogP contribution is -2.46. The van der Waals surface area contributed by atoms with E-state index in [1.54, 1.807) is 6.07 Å². The number of hydrogen-bond acceptors (Lipinski definition) is 3. The van der Waals surface area contributed by atoms with Gasteiger partial charge in [-0.15, -0.1) is 0 Å². The second kappa shape index (κ2) is 6.45. The maximum absolute atomic E-state index is 12.9. The van der Waals surface area contributed by atoms with Crippen LogP contribution in [0.3, 0.4) is 0 Å². The third-order valence-corrected chi connectivity index (χ3v) is 7.39. The fraction of sp³-hybridized carbons (Fsp3) is 0.600. The molecule has 0 saturated heterocycles. The number of hydrogen-bond donors (Lipinski definition) is 1. The van der Waals surface area contributed by atoms with Crippen LogP contribution in [-0.4, -0.2) is 19.7 Å². The molecule has 21 heavy (non-hydrogen) atoms. The van der Waals surface area contributed by atoms with Crippen molar-refractivity contribution in [2.45, 2.75) is 49.3 Å². The minimum Gasteiger partial charge on any atom is -0.327 e. The van der Waals surface area contributed by atoms with Gasteiger partial charge in [-0.3, -0.25) is 0 Å². The van der Waals surface area contributed by atoms with Gasteiger partial charge in [0.25, 0.3) is 0 Å². The summed E-state index contributed by atoms with van der Waals surface area (Å²) >= 11 is 12.0. The molecular weight excluding hydrogens is 329 g/mol. The predicted octanol–water partition coefficient (Wildman–Crippen LogP) is 3.92. The second-order valence-corrected chi connectivity index (χ2v) is 9.12. The van der Waals surface area contributed by atoms with Crippen LogP contribution < -0.4 is 5.73 Å². The van der Waals surface area contributed by atoms with Crippen molar-refractivity contribution in [2.24, 2.45) is 17.6 Å². The first-order chi connectivity index (χ1) is 9.73. The molecule has 1 aromatic carbocycles. The number of nitrogens with two attached hydrogens (primary N) is 1. The van der Waals surface area contributed by atoms with Gasteiger partial charge < -0.3 is 5.73 Å². The monoisotopic (exact) mass is 349 g/mol. The van der Waals surface area contributed by atoms with Gasteiger partial charge in [0.2, 0.25) is 0 Å². The van der Waals surface area contributed by atoms with Gasteiger partial charge >= 0.3 is 0 Å². The molecule has 0 spiro atoms. The van der Waals surface area contributed by atoms with Crippen molar-refractivity contribution in [1.82, 2.24) is 0 Å². The average molecular weight is 350 g/mol. The summed E-state index contributed by atoms with van der Waals surface area (Å²) in [6.45, 7) is 4.25. The first-order valence-corrected chi connectivity index (χ1v) is 9.48. The largest absolute Gasteiger partial charge is 0.327 e. The van der Waals surface area contributed by atoms with E-state index in [4.69, 9.17) is 28.9 Å². The van der Waals surface area contributed by atoms with Gasteiger partial charge in [0, 0.05) is 11.1 Å². The molecule has 1 aliphatic carbocycles. The lowest BCUT2D eigenvalue weighted by atomic mass is 9.79. The Morgan fingerprint density at radius 2 is 1.90 bits per heavy atom. The molecule has 0 bridgehead atoms. The number of benzene rings is 1. The minimum atomic E-state index is -3.57. The van der Waals surface area contributed by atoms with Crippen LogP contribution in [0.2, 0.25) is 10.0 Å². The van der Waals surface area contributed by atoms with E-state index < -0.39 is 15.1 Å². The van der Waals surface area contributed by atoms with Crippen LogP contribution in [0, 0.1) is 11.8 Å². The molecule has 3 unspecified atom stereocenters. The summed E-state index contributed by atoms with van der Waals surface area (Å²) in [5, 5.41) is -0.0179. The van der Waals surface area contributed by atoms with Crippen LogP contribution in [-0.2, 0) is 9.84 Å². The van der Waals surface area contributed by atoms with Crippen molar-refractivity contribution in [3.05, 3.63) is 28.2 Å². The van der Waals surface area contributed by atoms with E-state index in [9.17, 15) is 8.42 Å². The van der Waals surface area contributed by atoms with Crippen LogP contribution in [0.4, 0.5) is 0 Å². The van der Waals surface area contributed by atoms with Crippen molar-refractivity contribution < 1.29 is 8.42 Å². The number of sulfone groups is 1. The summed E-state index contributed by atoms with van der Waals surface area (Å²) in [5.74, 6) is 0.826. The number of halogens is 2. The quantitative estimate of drug-likeness (QED) is 0.899. The van der Waals surface area contributed by atoms with Gasteiger partial charge in [-0.05, 0) is 49.3 Å². The highest BCUT2D eigenvalue weighted by Crippen LogP contribution is 2.37. The topological polar surface area (TPSA) is 60.2 Å². The van der Waals surface area contributed by atoms with Gasteiger partial charge in [0.05, 0.1) is 15.2 Å². The first kappa shape index (κ1) is 17.1. The smallest absolute Gasteiger partial charge is 0.184 e. The zero-order valence-electron chi connectivity index (χ0n) is 12.2. The standard InChI is InChI=1S/C15H21Cl2NO2S/c1-9(2)10-3-6-13(18)15(7-10)21(19,20)14-8-11(16)4-5-12(14)17/h4-5,8-10,13,15H,3,6-7,18H2,1-2H3. The number of rotatable bonds is 3. The van der Waals surface area contributed by atoms with Crippen LogP contribution in [0.5, 0.6) is 0 Å². The highest BCUT2D eigenvalue weighted by Gasteiger charge is 2.39. The van der Waals surface area contributed by atoms with Gasteiger partial charge in [-0.2, -0.15) is 0 Å². The molecule has 1 aromatic rings. The van der Waals surface area contributed by atoms with Crippen LogP contribution in [0.15, 0.2) is 23.1 Å². The molecule has 3 nitrogen and oxygen atoms in total. The van der Waals surface area contributed by atoms with E-state index in [0.717, 1.165) is 12.8 Å². The van der Waals surface area contributed by atoms with E-state index >= 15 is 0 Å². The molecule has 1 aliphatic rings. The Balaban J connectivity index is 2.39. The van der Waals surface area contributed by atoms with Gasteiger partial charge in [0.15, 0.2) is 9.84 Å². The van der Waals surface area contributed by atoms with Crippen molar-refractivity contribution in [1.29, 1.82) is 0 Å². The molecule has 1 saturated carbocycles. The highest BCUT2D eigenvalue weighted by atomic mass is 35.5. The lowest BCUT2D eigenvalue weighted by molar-refractivity contribution is 0.261. The summed E-state index contributed by atoms with van der Waals surface area (Å²) in [6, 6.07) is 4.18. The molecule has 1 fully saturated rings. The Hall–Kier alpha value is -0.290. The lowest BCUT2D eigenvalue weighted by Gasteiger charge is -2.35. The van der Waals surface area contributed by atoms with Crippen molar-refractivity contribution in [3.8, 4) is 0 Å². The van der Waals surface area contributed by atoms with Gasteiger partial charge in [0.1, 0.15) is 0 Å². The van der Waals surface area contributed by atoms with E-state index in [-0.39, 0.29) is 16.0 Å². The van der Waals surface area contributed by atoms with Crippen molar-refractivity contribution in [3.63, 3.8) is 0 Å². The summed E-state index contributed by atoms with van der Waals surface area (Å²) in [7, 11) is -3.57. The molecule has 3 atom stereocenters. The van der Waals surface area contributed by atoms with E-state index in [1.807, 2.05) is 0 Å². The van der Waals surface area contributed by atoms with Crippen molar-refractivity contribution in [2.75, 3.05) is 0 Å². The SMILES string of the molecule is CC(C)C1CCC(N)C(S(=O)(=O)c2cc(Cl)ccc2Cl)C1. The Morgan fingerprint density at radius 1 is 1.24 bits per heavy atom. The summed E-state index contributed by atoms with van der Waals surface area (Å²) in [5.41, 5.74) is 6.10. The van der Waals surface area contributed by atoms with Crippen LogP contribution >= 0.6 is 23.2 Å². The predicted molar refractivity (Wildman–Crippen MR) is 87.6 cm³/mol. The van der Waals surface area contributed by atoms with Gasteiger partial charge in [-0.1, -0.05) is 37.0 Å². The summed E-state index contributed by atoms with van der Waals surface area (Å²) < 4.78 is 25.8.